The standard InChI is InChI=1S/C20H32O6/c1-6-20(9-7-8-10-20)26-17(21)12-15-11-16(25-19(4,5)24-15)13-23-18(22)14(2)3/h15-16H,2,6-13H2,1,3-5H3. The van der Waals surface area contributed by atoms with Gasteiger partial charge in [0.2, 0.25) is 0 Å². The molecule has 2 aliphatic rings. The molecule has 1 aliphatic carbocycles. The summed E-state index contributed by atoms with van der Waals surface area (Å²) in [4.78, 5) is 24.0. The number of esters is 2. The van der Waals surface area contributed by atoms with Gasteiger partial charge in [-0.3, -0.25) is 4.79 Å². The first kappa shape index (κ1) is 20.9. The summed E-state index contributed by atoms with van der Waals surface area (Å²) in [6.45, 7) is 10.9. The Morgan fingerprint density at radius 1 is 1.15 bits per heavy atom. The van der Waals surface area contributed by atoms with Gasteiger partial charge in [-0.1, -0.05) is 13.5 Å². The molecule has 0 radical (unpaired) electrons. The third kappa shape index (κ3) is 5.81. The molecule has 0 bridgehead atoms. The Kier molecular flexibility index (Phi) is 6.86. The summed E-state index contributed by atoms with van der Waals surface area (Å²) in [5.41, 5.74) is 0.0478. The average Bonchev–Trinajstić information content (AvgIpc) is 2.99. The summed E-state index contributed by atoms with van der Waals surface area (Å²) in [5, 5.41) is 0. The molecule has 6 heteroatoms. The highest BCUT2D eigenvalue weighted by Crippen LogP contribution is 2.37. The summed E-state index contributed by atoms with van der Waals surface area (Å²) in [6, 6.07) is 0. The number of carbonyl (C=O) groups excluding carboxylic acids is 2. The Morgan fingerprint density at radius 3 is 2.35 bits per heavy atom. The van der Waals surface area contributed by atoms with Gasteiger partial charge in [0.05, 0.1) is 18.6 Å². The van der Waals surface area contributed by atoms with Crippen LogP contribution in [0.5, 0.6) is 0 Å². The Balaban J connectivity index is 1.90. The minimum Gasteiger partial charge on any atom is -0.460 e. The number of hydrogen-bond acceptors (Lipinski definition) is 6. The molecule has 2 unspecified atom stereocenters. The highest BCUT2D eigenvalue weighted by Gasteiger charge is 2.40. The Bertz CT molecular complexity index is 532. The quantitative estimate of drug-likeness (QED) is 0.504. The van der Waals surface area contributed by atoms with Gasteiger partial charge in [0.25, 0.3) is 0 Å². The molecule has 148 valence electrons. The van der Waals surface area contributed by atoms with Gasteiger partial charge in [-0.05, 0) is 52.9 Å². The van der Waals surface area contributed by atoms with E-state index in [4.69, 9.17) is 18.9 Å². The predicted molar refractivity (Wildman–Crippen MR) is 96.4 cm³/mol. The van der Waals surface area contributed by atoms with Crippen molar-refractivity contribution >= 4 is 11.9 Å². The molecule has 1 saturated heterocycles. The molecule has 6 nitrogen and oxygen atoms in total. The van der Waals surface area contributed by atoms with Crippen molar-refractivity contribution in [3.63, 3.8) is 0 Å². The van der Waals surface area contributed by atoms with Crippen LogP contribution >= 0.6 is 0 Å². The van der Waals surface area contributed by atoms with Crippen molar-refractivity contribution < 1.29 is 28.5 Å². The van der Waals surface area contributed by atoms with E-state index in [1.807, 2.05) is 0 Å². The first-order valence-electron chi connectivity index (χ1n) is 9.55. The van der Waals surface area contributed by atoms with Crippen LogP contribution in [0.25, 0.3) is 0 Å². The maximum Gasteiger partial charge on any atom is 0.333 e. The lowest BCUT2D eigenvalue weighted by Crippen LogP contribution is -2.47. The topological polar surface area (TPSA) is 71.1 Å². The molecule has 0 N–H and O–H groups in total. The van der Waals surface area contributed by atoms with E-state index in [1.165, 1.54) is 0 Å². The first-order chi connectivity index (χ1) is 12.1. The fourth-order valence-corrected chi connectivity index (χ4v) is 3.76. The molecule has 2 fully saturated rings. The minimum absolute atomic E-state index is 0.114. The normalized spacial score (nSPS) is 26.9. The van der Waals surface area contributed by atoms with Gasteiger partial charge in [0.1, 0.15) is 12.2 Å². The van der Waals surface area contributed by atoms with Crippen LogP contribution in [0.1, 0.15) is 72.6 Å². The van der Waals surface area contributed by atoms with Crippen LogP contribution in [0, 0.1) is 0 Å². The zero-order valence-corrected chi connectivity index (χ0v) is 16.5. The van der Waals surface area contributed by atoms with Gasteiger partial charge in [0.15, 0.2) is 5.79 Å². The van der Waals surface area contributed by atoms with E-state index >= 15 is 0 Å². The molecule has 0 aromatic carbocycles. The van der Waals surface area contributed by atoms with E-state index in [-0.39, 0.29) is 36.8 Å². The fraction of sp³-hybridized carbons (Fsp3) is 0.800. The molecular weight excluding hydrogens is 336 g/mol. The monoisotopic (exact) mass is 368 g/mol. The molecule has 26 heavy (non-hydrogen) atoms. The van der Waals surface area contributed by atoms with Crippen LogP contribution in [0.4, 0.5) is 0 Å². The zero-order chi connectivity index (χ0) is 19.4. The number of ether oxygens (including phenoxy) is 4. The summed E-state index contributed by atoms with van der Waals surface area (Å²) in [5.74, 6) is -1.52. The van der Waals surface area contributed by atoms with Crippen molar-refractivity contribution in [1.82, 2.24) is 0 Å². The lowest BCUT2D eigenvalue weighted by atomic mass is 9.98. The molecule has 0 aromatic heterocycles. The van der Waals surface area contributed by atoms with Gasteiger partial charge in [-0.25, -0.2) is 4.79 Å². The van der Waals surface area contributed by atoms with Crippen LogP contribution in [0.2, 0.25) is 0 Å². The molecule has 1 heterocycles. The Hall–Kier alpha value is -1.40. The third-order valence-corrected chi connectivity index (χ3v) is 5.06. The third-order valence-electron chi connectivity index (χ3n) is 5.06. The number of carbonyl (C=O) groups is 2. The van der Waals surface area contributed by atoms with Crippen molar-refractivity contribution in [3.05, 3.63) is 12.2 Å². The largest absolute Gasteiger partial charge is 0.460 e. The van der Waals surface area contributed by atoms with Gasteiger partial charge in [-0.15, -0.1) is 0 Å². The fourth-order valence-electron chi connectivity index (χ4n) is 3.76. The number of rotatable bonds is 7. The average molecular weight is 368 g/mol. The second kappa shape index (κ2) is 8.53. The van der Waals surface area contributed by atoms with Crippen molar-refractivity contribution in [2.24, 2.45) is 0 Å². The second-order valence-corrected chi connectivity index (χ2v) is 7.92. The van der Waals surface area contributed by atoms with Crippen molar-refractivity contribution in [3.8, 4) is 0 Å². The van der Waals surface area contributed by atoms with E-state index < -0.39 is 11.8 Å². The Labute approximate surface area is 156 Å². The van der Waals surface area contributed by atoms with Gasteiger partial charge >= 0.3 is 11.9 Å². The maximum absolute atomic E-state index is 12.5. The highest BCUT2D eigenvalue weighted by molar-refractivity contribution is 5.86. The molecular formula is C20H32O6. The summed E-state index contributed by atoms with van der Waals surface area (Å²) < 4.78 is 22.7. The first-order valence-corrected chi connectivity index (χ1v) is 9.55. The lowest BCUT2D eigenvalue weighted by Gasteiger charge is -2.40. The van der Waals surface area contributed by atoms with Crippen molar-refractivity contribution in [1.29, 1.82) is 0 Å². The van der Waals surface area contributed by atoms with Crippen molar-refractivity contribution in [2.45, 2.75) is 96.2 Å². The van der Waals surface area contributed by atoms with E-state index in [0.29, 0.717) is 12.0 Å². The summed E-state index contributed by atoms with van der Waals surface area (Å²) in [7, 11) is 0. The van der Waals surface area contributed by atoms with E-state index in [2.05, 4.69) is 13.5 Å². The Morgan fingerprint density at radius 2 is 1.77 bits per heavy atom. The van der Waals surface area contributed by atoms with E-state index in [0.717, 1.165) is 32.1 Å². The van der Waals surface area contributed by atoms with Crippen LogP contribution in [0.3, 0.4) is 0 Å². The van der Waals surface area contributed by atoms with Gasteiger partial charge < -0.3 is 18.9 Å². The minimum atomic E-state index is -0.848. The molecule has 0 amide bonds. The van der Waals surface area contributed by atoms with Crippen LogP contribution in [0.15, 0.2) is 12.2 Å². The maximum atomic E-state index is 12.5. The molecule has 1 saturated carbocycles. The molecule has 2 rings (SSSR count). The van der Waals surface area contributed by atoms with Gasteiger partial charge in [0, 0.05) is 12.0 Å². The smallest absolute Gasteiger partial charge is 0.333 e. The lowest BCUT2D eigenvalue weighted by molar-refractivity contribution is -0.304. The summed E-state index contributed by atoms with van der Waals surface area (Å²) in [6.07, 6.45) is 4.94. The van der Waals surface area contributed by atoms with E-state index in [1.54, 1.807) is 20.8 Å². The van der Waals surface area contributed by atoms with Crippen LogP contribution in [-0.4, -0.2) is 42.1 Å². The van der Waals surface area contributed by atoms with Crippen LogP contribution < -0.4 is 0 Å². The number of hydrogen-bond donors (Lipinski definition) is 0. The molecule has 0 aromatic rings. The van der Waals surface area contributed by atoms with Crippen LogP contribution in [-0.2, 0) is 28.5 Å². The highest BCUT2D eigenvalue weighted by atomic mass is 16.7. The zero-order valence-electron chi connectivity index (χ0n) is 16.5. The molecule has 1 aliphatic heterocycles. The molecule has 0 spiro atoms. The van der Waals surface area contributed by atoms with E-state index in [9.17, 15) is 9.59 Å². The summed E-state index contributed by atoms with van der Waals surface area (Å²) >= 11 is 0. The van der Waals surface area contributed by atoms with Gasteiger partial charge in [-0.2, -0.15) is 0 Å². The predicted octanol–water partition coefficient (Wildman–Crippen LogP) is 3.67. The molecule has 2 atom stereocenters. The SMILES string of the molecule is C=C(C)C(=O)OCC1CC(CC(=O)OC2(CC)CCCC2)OC(C)(C)O1. The second-order valence-electron chi connectivity index (χ2n) is 7.92. The van der Waals surface area contributed by atoms with Crippen molar-refractivity contribution in [2.75, 3.05) is 6.61 Å².